The van der Waals surface area contributed by atoms with Crippen molar-refractivity contribution in [3.05, 3.63) is 224 Å². The van der Waals surface area contributed by atoms with Crippen molar-refractivity contribution in [1.82, 2.24) is 61.6 Å². The normalized spacial score (nSPS) is 8.65. The van der Waals surface area contributed by atoms with Gasteiger partial charge in [0, 0.05) is 0 Å². The van der Waals surface area contributed by atoms with Gasteiger partial charge in [0.15, 0.2) is 0 Å². The van der Waals surface area contributed by atoms with E-state index in [2.05, 4.69) is 183 Å². The van der Waals surface area contributed by atoms with E-state index in [1.807, 2.05) is 0 Å². The van der Waals surface area contributed by atoms with Gasteiger partial charge in [0.25, 0.3) is 0 Å². The summed E-state index contributed by atoms with van der Waals surface area (Å²) in [6, 6.07) is 42.6. The summed E-state index contributed by atoms with van der Waals surface area (Å²) in [5.41, 5.74) is 7.40. The SMILES string of the molecule is O=[N+]([O-])[O-].O=[N+]([O-])[O-].[Zn+2].c1ccc(C(=C(c2ccccc2)c2ccccc2)c2ccccc2)cc1.c1cn[nH]n1.c1cn[nH]n1.c1cn[nH]n1.c1cn[nH]n1. The first-order chi connectivity index (χ1) is 26.4. The molecule has 20 nitrogen and oxygen atoms in total. The van der Waals surface area contributed by atoms with Gasteiger partial charge >= 0.3 is 19.5 Å². The fourth-order valence-corrected chi connectivity index (χ4v) is 4.00. The van der Waals surface area contributed by atoms with Crippen LogP contribution in [0.4, 0.5) is 0 Å². The number of benzene rings is 4. The minimum Gasteiger partial charge on any atom is -0.356 e. The summed E-state index contributed by atoms with van der Waals surface area (Å²) < 4.78 is 0. The predicted molar refractivity (Wildman–Crippen MR) is 197 cm³/mol. The Hall–Kier alpha value is -7.80. The number of aromatic nitrogens is 12. The fraction of sp³-hybridized carbons (Fsp3) is 0. The average molecular weight is 798 g/mol. The first kappa shape index (κ1) is 45.2. The Morgan fingerprint density at radius 3 is 0.600 bits per heavy atom. The van der Waals surface area contributed by atoms with Crippen LogP contribution in [0, 0.1) is 30.6 Å². The third kappa shape index (κ3) is 21.9. The minimum absolute atomic E-state index is 0. The molecule has 0 amide bonds. The van der Waals surface area contributed by atoms with Crippen molar-refractivity contribution < 1.29 is 29.7 Å². The largest absolute Gasteiger partial charge is 2.00 e. The van der Waals surface area contributed by atoms with Crippen molar-refractivity contribution >= 4 is 11.1 Å². The second-order valence-electron chi connectivity index (χ2n) is 9.29. The molecule has 55 heavy (non-hydrogen) atoms. The Balaban J connectivity index is 0.000000417. The number of aromatic amines is 4. The third-order valence-electron chi connectivity index (χ3n) is 5.82. The van der Waals surface area contributed by atoms with Crippen molar-refractivity contribution in [2.24, 2.45) is 0 Å². The molecule has 0 bridgehead atoms. The summed E-state index contributed by atoms with van der Waals surface area (Å²) in [4.78, 5) is 16.5. The molecule has 0 aliphatic carbocycles. The van der Waals surface area contributed by atoms with Gasteiger partial charge in [0.05, 0.1) is 59.7 Å². The number of H-pyrrole nitrogens is 4. The molecule has 21 heteroatoms. The van der Waals surface area contributed by atoms with E-state index in [4.69, 9.17) is 30.6 Å². The molecular weight excluding hydrogens is 766 g/mol. The van der Waals surface area contributed by atoms with Crippen LogP contribution in [0.1, 0.15) is 22.3 Å². The van der Waals surface area contributed by atoms with E-state index in [1.54, 1.807) is 49.6 Å². The molecule has 0 saturated carbocycles. The van der Waals surface area contributed by atoms with Crippen molar-refractivity contribution in [3.63, 3.8) is 0 Å². The van der Waals surface area contributed by atoms with Crippen LogP contribution >= 0.6 is 0 Å². The van der Waals surface area contributed by atoms with Gasteiger partial charge in [-0.25, -0.2) is 0 Å². The maximum Gasteiger partial charge on any atom is 2.00 e. The molecule has 4 aromatic heterocycles. The molecule has 0 aliphatic heterocycles. The van der Waals surface area contributed by atoms with E-state index in [1.165, 1.54) is 33.4 Å². The maximum absolute atomic E-state index is 8.25. The summed E-state index contributed by atoms with van der Waals surface area (Å²) in [6.07, 6.45) is 12.7. The zero-order valence-corrected chi connectivity index (χ0v) is 31.8. The summed E-state index contributed by atoms with van der Waals surface area (Å²) >= 11 is 0. The van der Waals surface area contributed by atoms with Gasteiger partial charge in [-0.05, 0) is 33.4 Å². The van der Waals surface area contributed by atoms with E-state index >= 15 is 0 Å². The number of nitrogens with one attached hydrogen (secondary N) is 4. The molecule has 8 aromatic rings. The van der Waals surface area contributed by atoms with E-state index in [0.717, 1.165) is 0 Å². The molecule has 0 aliphatic rings. The molecule has 4 aromatic carbocycles. The topological polar surface area (TPSA) is 299 Å². The zero-order valence-electron chi connectivity index (χ0n) is 28.8. The van der Waals surface area contributed by atoms with Gasteiger partial charge < -0.3 is 30.6 Å². The van der Waals surface area contributed by atoms with E-state index in [-0.39, 0.29) is 19.5 Å². The predicted octanol–water partition coefficient (Wildman–Crippen LogP) is 5.43. The van der Waals surface area contributed by atoms with Crippen LogP contribution in [0.3, 0.4) is 0 Å². The van der Waals surface area contributed by atoms with E-state index in [9.17, 15) is 0 Å². The molecule has 0 atom stereocenters. The molecule has 4 heterocycles. The summed E-state index contributed by atoms with van der Waals surface area (Å²) in [5.74, 6) is 0. The van der Waals surface area contributed by atoms with Gasteiger partial charge in [-0.1, -0.05) is 121 Å². The second-order valence-corrected chi connectivity index (χ2v) is 9.29. The van der Waals surface area contributed by atoms with Crippen LogP contribution in [0.25, 0.3) is 11.1 Å². The molecule has 0 saturated heterocycles. The first-order valence-electron chi connectivity index (χ1n) is 15.2. The molecule has 4 N–H and O–H groups in total. The number of hydrogen-bond donors (Lipinski definition) is 4. The van der Waals surface area contributed by atoms with E-state index in [0.29, 0.717) is 0 Å². The molecule has 0 radical (unpaired) electrons. The quantitative estimate of drug-likeness (QED) is 0.0747. The molecular formula is C34H32N14O6Zn. The van der Waals surface area contributed by atoms with Crippen molar-refractivity contribution in [1.29, 1.82) is 0 Å². The second kappa shape index (κ2) is 29.9. The standard InChI is InChI=1S/C26H20.4C2H3N3.2NO3.Zn/c1-5-13-21(14-6-1)25(22-15-7-2-8-16-22)26(23-17-9-3-10-18-23)24-19-11-4-12-20-24;4*1-2-4-5-3-1;2*2-1(3)4;/h1-20H;4*1-2H,(H,3,4,5);;;/q;;;;;2*-1;+2. The van der Waals surface area contributed by atoms with Crippen molar-refractivity contribution in [2.45, 2.75) is 0 Å². The van der Waals surface area contributed by atoms with Crippen LogP contribution in [0.2, 0.25) is 0 Å². The van der Waals surface area contributed by atoms with E-state index < -0.39 is 10.2 Å². The smallest absolute Gasteiger partial charge is 0.356 e. The number of hydrogen-bond acceptors (Lipinski definition) is 14. The van der Waals surface area contributed by atoms with Crippen LogP contribution in [-0.4, -0.2) is 71.8 Å². The molecule has 0 spiro atoms. The average Bonchev–Trinajstić information content (AvgIpc) is 4.05. The molecule has 276 valence electrons. The molecule has 8 rings (SSSR count). The fourth-order valence-electron chi connectivity index (χ4n) is 4.00. The number of rotatable bonds is 4. The van der Waals surface area contributed by atoms with Gasteiger partial charge in [-0.2, -0.15) is 61.6 Å². The molecule has 0 fully saturated rings. The van der Waals surface area contributed by atoms with Crippen LogP contribution in [-0.2, 0) is 19.5 Å². The Bertz CT molecular complexity index is 1670. The van der Waals surface area contributed by atoms with Crippen molar-refractivity contribution in [3.8, 4) is 0 Å². The molecule has 0 unspecified atom stereocenters. The number of nitrogens with zero attached hydrogens (tertiary/aromatic N) is 10. The summed E-state index contributed by atoms with van der Waals surface area (Å²) in [6.45, 7) is 0. The van der Waals surface area contributed by atoms with Gasteiger partial charge in [-0.3, -0.25) is 0 Å². The first-order valence-corrected chi connectivity index (χ1v) is 15.2. The van der Waals surface area contributed by atoms with Crippen LogP contribution in [0.15, 0.2) is 171 Å². The Morgan fingerprint density at radius 2 is 0.491 bits per heavy atom. The van der Waals surface area contributed by atoms with Gasteiger partial charge in [0.2, 0.25) is 0 Å². The Morgan fingerprint density at radius 1 is 0.345 bits per heavy atom. The van der Waals surface area contributed by atoms with Crippen LogP contribution in [0.5, 0.6) is 0 Å². The third-order valence-corrected chi connectivity index (χ3v) is 5.82. The monoisotopic (exact) mass is 796 g/mol. The van der Waals surface area contributed by atoms with Crippen molar-refractivity contribution in [2.75, 3.05) is 0 Å². The van der Waals surface area contributed by atoms with Gasteiger partial charge in [-0.15, -0.1) is 0 Å². The zero-order chi connectivity index (χ0) is 38.9. The maximum atomic E-state index is 8.25. The Kier molecular flexibility index (Phi) is 24.6. The summed E-state index contributed by atoms with van der Waals surface area (Å²) in [7, 11) is 0. The van der Waals surface area contributed by atoms with Crippen LogP contribution < -0.4 is 0 Å². The van der Waals surface area contributed by atoms with Gasteiger partial charge in [0.1, 0.15) is 0 Å². The summed E-state index contributed by atoms with van der Waals surface area (Å²) in [5, 5.41) is 66.8. The Labute approximate surface area is 325 Å². The minimum atomic E-state index is -1.75.